The number of anilines is 2. The van der Waals surface area contributed by atoms with Gasteiger partial charge in [-0.2, -0.15) is 5.10 Å². The molecule has 3 aromatic rings. The summed E-state index contributed by atoms with van der Waals surface area (Å²) >= 11 is 0. The highest BCUT2D eigenvalue weighted by molar-refractivity contribution is 6.00. The number of carbonyl (C=O) groups excluding carboxylic acids is 2. The van der Waals surface area contributed by atoms with Crippen LogP contribution in [0.3, 0.4) is 0 Å². The first-order chi connectivity index (χ1) is 18.0. The van der Waals surface area contributed by atoms with Gasteiger partial charge >= 0.3 is 6.03 Å². The zero-order valence-corrected chi connectivity index (χ0v) is 20.9. The highest BCUT2D eigenvalue weighted by atomic mass is 16.5. The molecule has 0 bridgehead atoms. The lowest BCUT2D eigenvalue weighted by Gasteiger charge is -2.34. The van der Waals surface area contributed by atoms with E-state index in [9.17, 15) is 9.59 Å². The van der Waals surface area contributed by atoms with Gasteiger partial charge in [0, 0.05) is 29.8 Å². The Labute approximate surface area is 214 Å². The summed E-state index contributed by atoms with van der Waals surface area (Å²) in [7, 11) is 4.52. The summed E-state index contributed by atoms with van der Waals surface area (Å²) < 4.78 is 17.7. The standard InChI is InChI=1S/C26H30N6O5/c1-35-20-12-16(13-21(36-2)23(20)37-3)27-26(34)29-22-14-19(15-8-5-4-6-9-15)31-32(22)25-28-18-11-7-10-17(18)24(33)30-25/h4-6,8-9,12-14,17-18,25,28H,7,10-11H2,1-3H3,(H,30,33)(H2,27,29,34). The lowest BCUT2D eigenvalue weighted by Crippen LogP contribution is -2.57. The molecule has 1 saturated heterocycles. The molecule has 0 radical (unpaired) electrons. The van der Waals surface area contributed by atoms with Crippen LogP contribution < -0.4 is 35.5 Å². The third kappa shape index (κ3) is 4.90. The van der Waals surface area contributed by atoms with Crippen LogP contribution in [0.15, 0.2) is 48.5 Å². The van der Waals surface area contributed by atoms with Crippen LogP contribution >= 0.6 is 0 Å². The zero-order chi connectivity index (χ0) is 25.9. The Bertz CT molecular complexity index is 1270. The molecule has 194 valence electrons. The van der Waals surface area contributed by atoms with Gasteiger partial charge in [-0.3, -0.25) is 15.4 Å². The maximum Gasteiger partial charge on any atom is 0.324 e. The van der Waals surface area contributed by atoms with E-state index in [1.807, 2.05) is 30.3 Å². The molecule has 2 aliphatic rings. The molecule has 2 aromatic carbocycles. The normalized spacial score (nSPS) is 20.5. The summed E-state index contributed by atoms with van der Waals surface area (Å²) in [5.74, 6) is 1.61. The molecule has 1 aromatic heterocycles. The predicted molar refractivity (Wildman–Crippen MR) is 138 cm³/mol. The fourth-order valence-electron chi connectivity index (χ4n) is 4.96. The van der Waals surface area contributed by atoms with E-state index >= 15 is 0 Å². The number of nitrogens with zero attached hydrogens (tertiary/aromatic N) is 2. The third-order valence-corrected chi connectivity index (χ3v) is 6.72. The van der Waals surface area contributed by atoms with Crippen LogP contribution in [0.2, 0.25) is 0 Å². The molecule has 1 aliphatic carbocycles. The Morgan fingerprint density at radius 2 is 1.73 bits per heavy atom. The summed E-state index contributed by atoms with van der Waals surface area (Å²) in [6.07, 6.45) is 2.19. The quantitative estimate of drug-likeness (QED) is 0.386. The summed E-state index contributed by atoms with van der Waals surface area (Å²) in [5.41, 5.74) is 1.99. The summed E-state index contributed by atoms with van der Waals surface area (Å²) in [6, 6.07) is 14.3. The average Bonchev–Trinajstić information content (AvgIpc) is 3.56. The molecular formula is C26H30N6O5. The first kappa shape index (κ1) is 24.4. The number of hydrogen-bond donors (Lipinski definition) is 4. The fraction of sp³-hybridized carbons (Fsp3) is 0.346. The Morgan fingerprint density at radius 3 is 2.41 bits per heavy atom. The van der Waals surface area contributed by atoms with Crippen LogP contribution in [0.1, 0.15) is 25.6 Å². The van der Waals surface area contributed by atoms with Gasteiger partial charge in [-0.15, -0.1) is 0 Å². The van der Waals surface area contributed by atoms with Crippen molar-refractivity contribution in [3.63, 3.8) is 0 Å². The van der Waals surface area contributed by atoms with Crippen LogP contribution in [0.5, 0.6) is 17.2 Å². The van der Waals surface area contributed by atoms with E-state index in [1.165, 1.54) is 21.3 Å². The van der Waals surface area contributed by atoms with Crippen LogP contribution in [0.4, 0.5) is 16.3 Å². The van der Waals surface area contributed by atoms with E-state index in [0.29, 0.717) is 34.4 Å². The number of fused-ring (bicyclic) bond motifs is 1. The van der Waals surface area contributed by atoms with Gasteiger partial charge < -0.3 is 24.8 Å². The van der Waals surface area contributed by atoms with Crippen molar-refractivity contribution in [2.24, 2.45) is 5.92 Å². The number of ether oxygens (including phenoxy) is 3. The van der Waals surface area contributed by atoms with Crippen LogP contribution in [-0.4, -0.2) is 49.1 Å². The SMILES string of the molecule is COc1cc(NC(=O)Nc2cc(-c3ccccc3)nn2C2NC(=O)C3CCCC3N2)cc(OC)c1OC. The second-order valence-corrected chi connectivity index (χ2v) is 8.94. The molecule has 37 heavy (non-hydrogen) atoms. The van der Waals surface area contributed by atoms with E-state index in [0.717, 1.165) is 24.8 Å². The maximum atomic E-state index is 13.1. The monoisotopic (exact) mass is 506 g/mol. The molecule has 0 spiro atoms. The van der Waals surface area contributed by atoms with Gasteiger partial charge in [0.25, 0.3) is 0 Å². The number of carbonyl (C=O) groups is 2. The highest BCUT2D eigenvalue weighted by Crippen LogP contribution is 2.40. The molecule has 11 nitrogen and oxygen atoms in total. The highest BCUT2D eigenvalue weighted by Gasteiger charge is 2.40. The average molecular weight is 507 g/mol. The van der Waals surface area contributed by atoms with E-state index in [4.69, 9.17) is 19.3 Å². The minimum atomic E-state index is -0.596. The van der Waals surface area contributed by atoms with E-state index in [1.54, 1.807) is 22.9 Å². The van der Waals surface area contributed by atoms with Crippen molar-refractivity contribution in [2.45, 2.75) is 31.6 Å². The van der Waals surface area contributed by atoms with Gasteiger partial charge in [0.1, 0.15) is 5.82 Å². The number of methoxy groups -OCH3 is 3. The largest absolute Gasteiger partial charge is 0.493 e. The minimum Gasteiger partial charge on any atom is -0.493 e. The van der Waals surface area contributed by atoms with Crippen LogP contribution in [-0.2, 0) is 4.79 Å². The van der Waals surface area contributed by atoms with Gasteiger partial charge in [0.2, 0.25) is 11.7 Å². The van der Waals surface area contributed by atoms with Crippen molar-refractivity contribution in [3.8, 4) is 28.5 Å². The maximum absolute atomic E-state index is 13.1. The van der Waals surface area contributed by atoms with Gasteiger partial charge in [0.05, 0.1) is 38.6 Å². The molecule has 3 unspecified atom stereocenters. The molecule has 1 saturated carbocycles. The molecule has 3 amide bonds. The third-order valence-electron chi connectivity index (χ3n) is 6.72. The molecule has 2 heterocycles. The van der Waals surface area contributed by atoms with E-state index in [-0.39, 0.29) is 17.9 Å². The number of urea groups is 1. The van der Waals surface area contributed by atoms with Crippen molar-refractivity contribution in [1.29, 1.82) is 0 Å². The molecule has 2 fully saturated rings. The van der Waals surface area contributed by atoms with Crippen LogP contribution in [0, 0.1) is 5.92 Å². The number of rotatable bonds is 7. The van der Waals surface area contributed by atoms with Crippen molar-refractivity contribution >= 4 is 23.4 Å². The van der Waals surface area contributed by atoms with E-state index in [2.05, 4.69) is 21.3 Å². The lowest BCUT2D eigenvalue weighted by atomic mass is 10.0. The Kier molecular flexibility index (Phi) is 6.87. The van der Waals surface area contributed by atoms with Crippen molar-refractivity contribution in [1.82, 2.24) is 20.4 Å². The van der Waals surface area contributed by atoms with Gasteiger partial charge in [-0.25, -0.2) is 9.48 Å². The summed E-state index contributed by atoms with van der Waals surface area (Å²) in [4.78, 5) is 25.8. The smallest absolute Gasteiger partial charge is 0.324 e. The number of nitrogens with one attached hydrogen (secondary N) is 4. The minimum absolute atomic E-state index is 0.00386. The summed E-state index contributed by atoms with van der Waals surface area (Å²) in [5, 5.41) is 16.9. The topological polar surface area (TPSA) is 128 Å². The van der Waals surface area contributed by atoms with Crippen molar-refractivity contribution in [3.05, 3.63) is 48.5 Å². The number of aromatic nitrogens is 2. The fourth-order valence-corrected chi connectivity index (χ4v) is 4.96. The molecule has 11 heteroatoms. The van der Waals surface area contributed by atoms with Gasteiger partial charge in [-0.1, -0.05) is 36.8 Å². The van der Waals surface area contributed by atoms with Crippen LogP contribution in [0.25, 0.3) is 11.3 Å². The van der Waals surface area contributed by atoms with E-state index < -0.39 is 12.3 Å². The number of amides is 3. The Morgan fingerprint density at radius 1 is 1.00 bits per heavy atom. The molecule has 3 atom stereocenters. The van der Waals surface area contributed by atoms with Gasteiger partial charge in [0.15, 0.2) is 17.8 Å². The first-order valence-corrected chi connectivity index (χ1v) is 12.1. The Balaban J connectivity index is 1.42. The summed E-state index contributed by atoms with van der Waals surface area (Å²) in [6.45, 7) is 0. The second kappa shape index (κ2) is 10.4. The predicted octanol–water partition coefficient (Wildman–Crippen LogP) is 3.56. The second-order valence-electron chi connectivity index (χ2n) is 8.94. The van der Waals surface area contributed by atoms with Gasteiger partial charge in [-0.05, 0) is 12.8 Å². The molecular weight excluding hydrogens is 476 g/mol. The lowest BCUT2D eigenvalue weighted by molar-refractivity contribution is -0.130. The molecule has 1 aliphatic heterocycles. The van der Waals surface area contributed by atoms with Crippen molar-refractivity contribution in [2.75, 3.05) is 32.0 Å². The molecule has 5 rings (SSSR count). The zero-order valence-electron chi connectivity index (χ0n) is 20.9. The molecule has 4 N–H and O–H groups in total. The Hall–Kier alpha value is -4.25. The number of benzene rings is 2. The van der Waals surface area contributed by atoms with Crippen molar-refractivity contribution < 1.29 is 23.8 Å². The first-order valence-electron chi connectivity index (χ1n) is 12.1. The number of hydrogen-bond acceptors (Lipinski definition) is 7.